The lowest BCUT2D eigenvalue weighted by molar-refractivity contribution is 0.0809. The van der Waals surface area contributed by atoms with Gasteiger partial charge in [0.05, 0.1) is 6.61 Å². The summed E-state index contributed by atoms with van der Waals surface area (Å²) in [4.78, 5) is 2.56. The molecule has 0 radical (unpaired) electrons. The Kier molecular flexibility index (Phi) is 5.77. The van der Waals surface area contributed by atoms with Gasteiger partial charge in [0.15, 0.2) is 0 Å². The Labute approximate surface area is 200 Å². The first-order valence-corrected chi connectivity index (χ1v) is 13.7. The Morgan fingerprint density at radius 1 is 1.03 bits per heavy atom. The lowest BCUT2D eigenvalue weighted by Crippen LogP contribution is -2.43. The summed E-state index contributed by atoms with van der Waals surface area (Å²) in [7, 11) is 0. The highest BCUT2D eigenvalue weighted by Crippen LogP contribution is 2.65. The first kappa shape index (κ1) is 21.7. The van der Waals surface area contributed by atoms with Crippen LogP contribution in [0.5, 0.6) is 0 Å². The molecule has 2 nitrogen and oxygen atoms in total. The standard InChI is InChI=1S/C31H41NO/c1-31-21-28(23-10-14-25(15-11-23)32-18-4-5-19-32)30-26-9-3-2-7-22(26)12-16-27(30)29(31)17-13-24(31)8-6-20-33/h6-8,10-11,14-15,24,27-29,33H,2-5,9,12-13,16-21H2,1H3/t24-,27+,28-,29+,31-/m1/s1. The van der Waals surface area contributed by atoms with E-state index in [0.29, 0.717) is 17.3 Å². The van der Waals surface area contributed by atoms with Crippen molar-refractivity contribution in [1.82, 2.24) is 0 Å². The van der Waals surface area contributed by atoms with Crippen LogP contribution in [0, 0.1) is 23.2 Å². The minimum Gasteiger partial charge on any atom is -0.392 e. The number of aliphatic hydroxyl groups is 1. The van der Waals surface area contributed by atoms with E-state index >= 15 is 0 Å². The van der Waals surface area contributed by atoms with Crippen molar-refractivity contribution in [2.24, 2.45) is 23.2 Å². The second kappa shape index (κ2) is 8.77. The third kappa shape index (κ3) is 3.64. The molecule has 6 rings (SSSR count). The summed E-state index contributed by atoms with van der Waals surface area (Å²) in [5, 5.41) is 9.46. The minimum absolute atomic E-state index is 0.172. The van der Waals surface area contributed by atoms with Gasteiger partial charge in [-0.15, -0.1) is 0 Å². The van der Waals surface area contributed by atoms with Crippen LogP contribution in [0.4, 0.5) is 5.69 Å². The summed E-state index contributed by atoms with van der Waals surface area (Å²) in [6.45, 7) is 5.20. The van der Waals surface area contributed by atoms with Gasteiger partial charge in [0, 0.05) is 24.7 Å². The van der Waals surface area contributed by atoms with Crippen LogP contribution >= 0.6 is 0 Å². The topological polar surface area (TPSA) is 23.5 Å². The number of fused-ring (bicyclic) bond motifs is 4. The Hall–Kier alpha value is -1.80. The second-order valence-corrected chi connectivity index (χ2v) is 11.6. The Balaban J connectivity index is 1.41. The maximum absolute atomic E-state index is 9.46. The van der Waals surface area contributed by atoms with Crippen molar-refractivity contribution in [3.05, 3.63) is 64.8 Å². The molecule has 3 fully saturated rings. The largest absolute Gasteiger partial charge is 0.392 e. The van der Waals surface area contributed by atoms with Crippen LogP contribution in [-0.4, -0.2) is 24.8 Å². The average Bonchev–Trinajstić information content (AvgIpc) is 3.50. The van der Waals surface area contributed by atoms with Gasteiger partial charge in [-0.25, -0.2) is 0 Å². The van der Waals surface area contributed by atoms with Gasteiger partial charge in [0.2, 0.25) is 0 Å². The number of nitrogens with zero attached hydrogens (tertiary/aromatic N) is 1. The number of hydrogen-bond donors (Lipinski definition) is 1. The van der Waals surface area contributed by atoms with E-state index in [1.807, 2.05) is 11.6 Å². The molecule has 5 atom stereocenters. The summed E-state index contributed by atoms with van der Waals surface area (Å²) < 4.78 is 0. The fourth-order valence-electron chi connectivity index (χ4n) is 8.54. The molecule has 1 N–H and O–H groups in total. The molecule has 1 aromatic carbocycles. The maximum Gasteiger partial charge on any atom is 0.0612 e. The van der Waals surface area contributed by atoms with Crippen molar-refractivity contribution in [1.29, 1.82) is 0 Å². The van der Waals surface area contributed by atoms with Gasteiger partial charge in [-0.05, 0) is 116 Å². The van der Waals surface area contributed by atoms with Crippen LogP contribution in [0.15, 0.2) is 59.2 Å². The molecule has 1 saturated heterocycles. The SMILES string of the molecule is C[C@]12C[C@H](c3ccc(N4CCCC4)cc3)C3=C4CCCC=C4CC[C@H]3[C@@H]1CC[C@H]2C=CCO. The predicted molar refractivity (Wildman–Crippen MR) is 137 cm³/mol. The molecule has 2 heteroatoms. The number of anilines is 1. The second-order valence-electron chi connectivity index (χ2n) is 11.6. The number of benzene rings is 1. The molecule has 0 aromatic heterocycles. The van der Waals surface area contributed by atoms with Crippen molar-refractivity contribution >= 4 is 5.69 Å². The Bertz CT molecular complexity index is 963. The molecule has 0 unspecified atom stereocenters. The zero-order valence-electron chi connectivity index (χ0n) is 20.4. The van der Waals surface area contributed by atoms with Gasteiger partial charge in [0.1, 0.15) is 0 Å². The van der Waals surface area contributed by atoms with E-state index in [9.17, 15) is 5.11 Å². The van der Waals surface area contributed by atoms with Crippen molar-refractivity contribution in [3.8, 4) is 0 Å². The monoisotopic (exact) mass is 443 g/mol. The van der Waals surface area contributed by atoms with E-state index < -0.39 is 0 Å². The molecule has 0 spiro atoms. The first-order valence-electron chi connectivity index (χ1n) is 13.7. The molecule has 1 aromatic rings. The summed E-state index contributed by atoms with van der Waals surface area (Å²) >= 11 is 0. The van der Waals surface area contributed by atoms with E-state index in [-0.39, 0.29) is 6.61 Å². The molecule has 1 heterocycles. The zero-order valence-corrected chi connectivity index (χ0v) is 20.4. The van der Waals surface area contributed by atoms with E-state index in [1.54, 1.807) is 16.7 Å². The van der Waals surface area contributed by atoms with Gasteiger partial charge in [-0.3, -0.25) is 0 Å². The zero-order chi connectivity index (χ0) is 22.4. The van der Waals surface area contributed by atoms with Crippen molar-refractivity contribution in [3.63, 3.8) is 0 Å². The molecule has 0 amide bonds. The third-order valence-electron chi connectivity index (χ3n) is 10.1. The van der Waals surface area contributed by atoms with E-state index in [0.717, 1.165) is 11.8 Å². The fraction of sp³-hybridized carbons (Fsp3) is 0.613. The molecule has 4 aliphatic carbocycles. The quantitative estimate of drug-likeness (QED) is 0.499. The highest BCUT2D eigenvalue weighted by atomic mass is 16.2. The van der Waals surface area contributed by atoms with Crippen LogP contribution < -0.4 is 4.90 Å². The van der Waals surface area contributed by atoms with Crippen LogP contribution in [0.1, 0.15) is 82.6 Å². The van der Waals surface area contributed by atoms with Crippen LogP contribution in [0.3, 0.4) is 0 Å². The van der Waals surface area contributed by atoms with Gasteiger partial charge >= 0.3 is 0 Å². The number of rotatable bonds is 4. The van der Waals surface area contributed by atoms with E-state index in [1.165, 1.54) is 83.0 Å². The molecule has 176 valence electrons. The van der Waals surface area contributed by atoms with E-state index in [4.69, 9.17) is 0 Å². The highest BCUT2D eigenvalue weighted by molar-refractivity contribution is 5.52. The molecule has 33 heavy (non-hydrogen) atoms. The van der Waals surface area contributed by atoms with Crippen LogP contribution in [0.2, 0.25) is 0 Å². The normalized spacial score (nSPS) is 36.1. The Morgan fingerprint density at radius 3 is 2.64 bits per heavy atom. The van der Waals surface area contributed by atoms with E-state index in [2.05, 4.69) is 48.2 Å². The number of hydrogen-bond acceptors (Lipinski definition) is 2. The van der Waals surface area contributed by atoms with Gasteiger partial charge in [-0.1, -0.05) is 42.9 Å². The fourth-order valence-corrected chi connectivity index (χ4v) is 8.54. The Morgan fingerprint density at radius 2 is 1.85 bits per heavy atom. The van der Waals surface area contributed by atoms with Crippen molar-refractivity contribution in [2.75, 3.05) is 24.6 Å². The predicted octanol–water partition coefficient (Wildman–Crippen LogP) is 7.17. The highest BCUT2D eigenvalue weighted by Gasteiger charge is 2.55. The first-order chi connectivity index (χ1) is 16.2. The molecular formula is C31H41NO. The maximum atomic E-state index is 9.46. The smallest absolute Gasteiger partial charge is 0.0612 e. The third-order valence-corrected chi connectivity index (χ3v) is 10.1. The summed E-state index contributed by atoms with van der Waals surface area (Å²) in [6.07, 6.45) is 20.1. The molecule has 0 bridgehead atoms. The van der Waals surface area contributed by atoms with Crippen LogP contribution in [0.25, 0.3) is 0 Å². The summed E-state index contributed by atoms with van der Waals surface area (Å²) in [5.74, 6) is 2.72. The lowest BCUT2D eigenvalue weighted by atomic mass is 9.52. The summed E-state index contributed by atoms with van der Waals surface area (Å²) in [6, 6.07) is 9.77. The van der Waals surface area contributed by atoms with Gasteiger partial charge in [-0.2, -0.15) is 0 Å². The van der Waals surface area contributed by atoms with Gasteiger partial charge < -0.3 is 10.0 Å². The molecule has 5 aliphatic rings. The lowest BCUT2D eigenvalue weighted by Gasteiger charge is -2.52. The minimum atomic E-state index is 0.172. The number of aliphatic hydroxyl groups excluding tert-OH is 1. The van der Waals surface area contributed by atoms with Crippen molar-refractivity contribution in [2.45, 2.75) is 77.0 Å². The van der Waals surface area contributed by atoms with Gasteiger partial charge in [0.25, 0.3) is 0 Å². The summed E-state index contributed by atoms with van der Waals surface area (Å²) in [5.41, 5.74) is 8.61. The molecule has 1 aliphatic heterocycles. The van der Waals surface area contributed by atoms with Crippen molar-refractivity contribution < 1.29 is 5.11 Å². The average molecular weight is 444 g/mol. The molecular weight excluding hydrogens is 402 g/mol. The van der Waals surface area contributed by atoms with Crippen LogP contribution in [-0.2, 0) is 0 Å². The molecule has 2 saturated carbocycles. The number of allylic oxidation sites excluding steroid dienone is 5.